The molecule has 0 N–H and O–H groups in total. The summed E-state index contributed by atoms with van der Waals surface area (Å²) in [5, 5.41) is 0. The van der Waals surface area contributed by atoms with Gasteiger partial charge in [-0.15, -0.1) is 4.40 Å². The van der Waals surface area contributed by atoms with Crippen molar-refractivity contribution in [2.24, 2.45) is 9.81 Å². The Kier molecular flexibility index (Phi) is 3.54. The van der Waals surface area contributed by atoms with Crippen molar-refractivity contribution in [3.05, 3.63) is 24.3 Å². The Morgan fingerprint density at radius 3 is 2.65 bits per heavy atom. The normalized spacial score (nSPS) is 22.8. The molecular weight excluding hydrogens is 292 g/mol. The van der Waals surface area contributed by atoms with Crippen molar-refractivity contribution in [3.63, 3.8) is 0 Å². The van der Waals surface area contributed by atoms with Gasteiger partial charge < -0.3 is 4.90 Å². The lowest BCUT2D eigenvalue weighted by molar-refractivity contribution is 0.360. The second-order valence-electron chi connectivity index (χ2n) is 5.66. The Morgan fingerprint density at radius 2 is 1.95 bits per heavy atom. The van der Waals surface area contributed by atoms with Crippen LogP contribution in [0.1, 0.15) is 25.7 Å². The fourth-order valence-electron chi connectivity index (χ4n) is 3.13. The molecule has 0 spiro atoms. The van der Waals surface area contributed by atoms with Gasteiger partial charge in [-0.3, -0.25) is 0 Å². The summed E-state index contributed by atoms with van der Waals surface area (Å²) in [6, 6.07) is 7.07. The van der Waals surface area contributed by atoms with E-state index in [4.69, 9.17) is 0 Å². The zero-order chi connectivity index (χ0) is 14.2. The van der Waals surface area contributed by atoms with Gasteiger partial charge in [0.25, 0.3) is 10.0 Å². The van der Waals surface area contributed by atoms with Crippen LogP contribution in [0.15, 0.2) is 33.6 Å². The van der Waals surface area contributed by atoms with Crippen LogP contribution < -0.4 is 4.90 Å². The summed E-state index contributed by atoms with van der Waals surface area (Å²) in [6.07, 6.45) is 6.21. The maximum atomic E-state index is 12.0. The highest BCUT2D eigenvalue weighted by Crippen LogP contribution is 2.41. The molecule has 0 saturated heterocycles. The van der Waals surface area contributed by atoms with Gasteiger partial charge in [-0.05, 0) is 36.1 Å². The number of para-hydroxylation sites is 1. The third kappa shape index (κ3) is 2.35. The summed E-state index contributed by atoms with van der Waals surface area (Å²) in [5.74, 6) is 0.826. The predicted molar refractivity (Wildman–Crippen MR) is 84.2 cm³/mol. The molecule has 2 aliphatic rings. The minimum absolute atomic E-state index is 0.170. The minimum atomic E-state index is -3.53. The third-order valence-electron chi connectivity index (χ3n) is 4.28. The summed E-state index contributed by atoms with van der Waals surface area (Å²) >= 11 is 4.52. The molecule has 1 aromatic carbocycles. The number of anilines is 1. The first kappa shape index (κ1) is 13.9. The summed E-state index contributed by atoms with van der Waals surface area (Å²) in [7, 11) is -3.53. The van der Waals surface area contributed by atoms with E-state index in [2.05, 4.69) is 17.0 Å². The SMILES string of the molecule is O=S1(=O)N=CN(CC2(CS)CCCC2)c2ccccc21. The van der Waals surface area contributed by atoms with Gasteiger partial charge in [0.15, 0.2) is 0 Å². The quantitative estimate of drug-likeness (QED) is 0.873. The Labute approximate surface area is 125 Å². The molecule has 0 aromatic heterocycles. The van der Waals surface area contributed by atoms with Crippen LogP contribution in [0.3, 0.4) is 0 Å². The molecule has 1 aliphatic carbocycles. The van der Waals surface area contributed by atoms with Crippen LogP contribution in [0.2, 0.25) is 0 Å². The molecule has 6 heteroatoms. The lowest BCUT2D eigenvalue weighted by atomic mass is 9.88. The average Bonchev–Trinajstić information content (AvgIpc) is 2.92. The fourth-order valence-corrected chi connectivity index (χ4v) is 4.60. The highest BCUT2D eigenvalue weighted by atomic mass is 32.2. The third-order valence-corrected chi connectivity index (χ3v) is 6.23. The molecule has 20 heavy (non-hydrogen) atoms. The van der Waals surface area contributed by atoms with Crippen molar-refractivity contribution in [3.8, 4) is 0 Å². The van der Waals surface area contributed by atoms with Crippen molar-refractivity contribution in [2.45, 2.75) is 30.6 Å². The van der Waals surface area contributed by atoms with Gasteiger partial charge >= 0.3 is 0 Å². The predicted octanol–water partition coefficient (Wildman–Crippen LogP) is 2.71. The Bertz CT molecular complexity index is 634. The van der Waals surface area contributed by atoms with Gasteiger partial charge in [0, 0.05) is 6.54 Å². The number of nitrogens with zero attached hydrogens (tertiary/aromatic N) is 2. The van der Waals surface area contributed by atoms with Gasteiger partial charge in [-0.1, -0.05) is 25.0 Å². The van der Waals surface area contributed by atoms with Crippen molar-refractivity contribution < 1.29 is 8.42 Å². The maximum absolute atomic E-state index is 12.0. The van der Waals surface area contributed by atoms with Crippen LogP contribution in [-0.2, 0) is 10.0 Å². The zero-order valence-corrected chi connectivity index (χ0v) is 12.9. The van der Waals surface area contributed by atoms with E-state index in [0.29, 0.717) is 4.90 Å². The largest absolute Gasteiger partial charge is 0.330 e. The fraction of sp³-hybridized carbons (Fsp3) is 0.500. The van der Waals surface area contributed by atoms with Crippen LogP contribution in [0, 0.1) is 5.41 Å². The molecule has 0 unspecified atom stereocenters. The topological polar surface area (TPSA) is 49.7 Å². The highest BCUT2D eigenvalue weighted by molar-refractivity contribution is 7.90. The lowest BCUT2D eigenvalue weighted by Gasteiger charge is -2.35. The number of thiol groups is 1. The molecule has 1 saturated carbocycles. The molecule has 3 rings (SSSR count). The lowest BCUT2D eigenvalue weighted by Crippen LogP contribution is -2.39. The van der Waals surface area contributed by atoms with Gasteiger partial charge in [-0.25, -0.2) is 0 Å². The first-order valence-electron chi connectivity index (χ1n) is 6.83. The van der Waals surface area contributed by atoms with Crippen molar-refractivity contribution >= 4 is 34.7 Å². The van der Waals surface area contributed by atoms with Crippen LogP contribution in [0.25, 0.3) is 0 Å². The summed E-state index contributed by atoms with van der Waals surface area (Å²) in [6.45, 7) is 0.784. The van der Waals surface area contributed by atoms with E-state index in [-0.39, 0.29) is 5.41 Å². The van der Waals surface area contributed by atoms with Crippen LogP contribution >= 0.6 is 12.6 Å². The molecule has 1 heterocycles. The molecule has 1 aliphatic heterocycles. The van der Waals surface area contributed by atoms with E-state index in [0.717, 1.165) is 30.8 Å². The van der Waals surface area contributed by atoms with Gasteiger partial charge in [0.05, 0.1) is 5.69 Å². The number of fused-ring (bicyclic) bond motifs is 1. The van der Waals surface area contributed by atoms with Gasteiger partial charge in [0.1, 0.15) is 11.2 Å². The van der Waals surface area contributed by atoms with E-state index in [1.54, 1.807) is 12.1 Å². The monoisotopic (exact) mass is 310 g/mol. The van der Waals surface area contributed by atoms with Crippen molar-refractivity contribution in [1.29, 1.82) is 0 Å². The number of rotatable bonds is 3. The number of sulfonamides is 1. The number of hydrogen-bond donors (Lipinski definition) is 1. The van der Waals surface area contributed by atoms with Gasteiger partial charge in [-0.2, -0.15) is 21.0 Å². The zero-order valence-electron chi connectivity index (χ0n) is 11.2. The second-order valence-corrected chi connectivity index (χ2v) is 7.57. The maximum Gasteiger partial charge on any atom is 0.285 e. The summed E-state index contributed by atoms with van der Waals surface area (Å²) in [4.78, 5) is 2.27. The second kappa shape index (κ2) is 5.07. The van der Waals surface area contributed by atoms with E-state index >= 15 is 0 Å². The molecule has 1 fully saturated rings. The average molecular weight is 310 g/mol. The molecule has 1 aromatic rings. The first-order chi connectivity index (χ1) is 9.56. The van der Waals surface area contributed by atoms with E-state index in [9.17, 15) is 8.42 Å². The molecule has 0 bridgehead atoms. The summed E-state index contributed by atoms with van der Waals surface area (Å²) in [5.41, 5.74) is 0.902. The van der Waals surface area contributed by atoms with E-state index in [1.165, 1.54) is 19.2 Å². The Balaban J connectivity index is 1.96. The standard InChI is InChI=1S/C14H18N2O2S2/c17-20(18)13-6-2-1-5-12(13)16(11-15-20)9-14(10-19)7-3-4-8-14/h1-2,5-6,11,19H,3-4,7-10H2. The molecule has 4 nitrogen and oxygen atoms in total. The van der Waals surface area contributed by atoms with Crippen LogP contribution in [0.5, 0.6) is 0 Å². The van der Waals surface area contributed by atoms with Crippen LogP contribution in [0.4, 0.5) is 5.69 Å². The smallest absolute Gasteiger partial charge is 0.285 e. The van der Waals surface area contributed by atoms with Gasteiger partial charge in [0.2, 0.25) is 0 Å². The van der Waals surface area contributed by atoms with E-state index < -0.39 is 10.0 Å². The molecule has 0 radical (unpaired) electrons. The first-order valence-corrected chi connectivity index (χ1v) is 8.91. The molecule has 108 valence electrons. The van der Waals surface area contributed by atoms with Crippen molar-refractivity contribution in [2.75, 3.05) is 17.2 Å². The Hall–Kier alpha value is -1.01. The van der Waals surface area contributed by atoms with E-state index in [1.807, 2.05) is 17.0 Å². The minimum Gasteiger partial charge on any atom is -0.330 e. The number of hydrogen-bond acceptors (Lipinski definition) is 4. The Morgan fingerprint density at radius 1 is 1.25 bits per heavy atom. The summed E-state index contributed by atoms with van der Waals surface area (Å²) < 4.78 is 27.7. The molecule has 0 atom stereocenters. The molecular formula is C14H18N2O2S2. The number of benzene rings is 1. The van der Waals surface area contributed by atoms with Crippen LogP contribution in [-0.4, -0.2) is 27.1 Å². The van der Waals surface area contributed by atoms with Crippen molar-refractivity contribution in [1.82, 2.24) is 0 Å². The highest BCUT2D eigenvalue weighted by Gasteiger charge is 2.36. The molecule has 0 amide bonds.